The van der Waals surface area contributed by atoms with Crippen LogP contribution in [-0.2, 0) is 4.79 Å². The van der Waals surface area contributed by atoms with Gasteiger partial charge in [-0.1, -0.05) is 31.9 Å². The second-order valence-corrected chi connectivity index (χ2v) is 3.22. The van der Waals surface area contributed by atoms with Crippen LogP contribution < -0.4 is 0 Å². The fourth-order valence-corrected chi connectivity index (χ4v) is 1.17. The molecule has 0 aromatic rings. The summed E-state index contributed by atoms with van der Waals surface area (Å²) in [6.07, 6.45) is 11.3. The zero-order valence-electron chi connectivity index (χ0n) is 8.59. The molecule has 0 unspecified atom stereocenters. The van der Waals surface area contributed by atoms with E-state index in [9.17, 15) is 4.79 Å². The molecule has 0 saturated heterocycles. The van der Waals surface area contributed by atoms with Crippen molar-refractivity contribution < 1.29 is 4.79 Å². The predicted molar refractivity (Wildman–Crippen MR) is 57.7 cm³/mol. The normalized spacial score (nSPS) is 11.3. The molecule has 0 fully saturated rings. The fourth-order valence-electron chi connectivity index (χ4n) is 1.17. The summed E-state index contributed by atoms with van der Waals surface area (Å²) in [7, 11) is 0. The van der Waals surface area contributed by atoms with Crippen molar-refractivity contribution in [3.63, 3.8) is 0 Å². The minimum atomic E-state index is 0.939. The van der Waals surface area contributed by atoms with E-state index in [1.54, 1.807) is 0 Å². The molecule has 13 heavy (non-hydrogen) atoms. The summed E-state index contributed by atoms with van der Waals surface area (Å²) < 4.78 is 0. The van der Waals surface area contributed by atoms with Gasteiger partial charge in [0.1, 0.15) is 6.29 Å². The molecule has 0 aliphatic rings. The smallest absolute Gasteiger partial charge is 0.145 e. The number of carbonyl (C=O) groups excluding carboxylic acids is 1. The number of allylic oxidation sites excluding steroid dienone is 3. The van der Waals surface area contributed by atoms with E-state index in [-0.39, 0.29) is 0 Å². The molecule has 0 aliphatic heterocycles. The van der Waals surface area contributed by atoms with E-state index in [1.165, 1.54) is 12.8 Å². The number of aldehydes is 1. The Kier molecular flexibility index (Phi) is 8.64. The fraction of sp³-hybridized carbons (Fsp3) is 0.583. The molecule has 1 heteroatoms. The van der Waals surface area contributed by atoms with E-state index in [1.807, 2.05) is 12.2 Å². The number of carbonyl (C=O) groups is 1. The summed E-state index contributed by atoms with van der Waals surface area (Å²) in [5.74, 6) is 0. The van der Waals surface area contributed by atoms with Crippen LogP contribution in [0.5, 0.6) is 0 Å². The summed E-state index contributed by atoms with van der Waals surface area (Å²) in [4.78, 5) is 10.6. The first kappa shape index (κ1) is 12.2. The van der Waals surface area contributed by atoms with Crippen molar-refractivity contribution in [2.24, 2.45) is 0 Å². The van der Waals surface area contributed by atoms with Crippen LogP contribution in [0.1, 0.15) is 45.4 Å². The zero-order chi connectivity index (χ0) is 9.94. The van der Waals surface area contributed by atoms with Crippen molar-refractivity contribution in [3.8, 4) is 0 Å². The van der Waals surface area contributed by atoms with Crippen LogP contribution in [0.3, 0.4) is 0 Å². The van der Waals surface area contributed by atoms with Gasteiger partial charge in [-0.2, -0.15) is 0 Å². The molecular formula is C12H20O. The van der Waals surface area contributed by atoms with Crippen LogP contribution in [0.25, 0.3) is 0 Å². The van der Waals surface area contributed by atoms with Crippen molar-refractivity contribution in [2.75, 3.05) is 0 Å². The van der Waals surface area contributed by atoms with E-state index in [4.69, 9.17) is 0 Å². The number of hydrogen-bond donors (Lipinski definition) is 0. The van der Waals surface area contributed by atoms with E-state index in [0.717, 1.165) is 37.5 Å². The van der Waals surface area contributed by atoms with Crippen molar-refractivity contribution in [2.45, 2.75) is 45.4 Å². The Labute approximate surface area is 81.5 Å². The standard InChI is InChI=1S/C12H20O/c1-3-5-7-9-12(11-13)10-8-6-4-2/h3,9,11H,1,4-8,10H2,2H3. The van der Waals surface area contributed by atoms with Crippen molar-refractivity contribution >= 4 is 6.29 Å². The Balaban J connectivity index is 3.66. The SMILES string of the molecule is C=CCCC=C(C=O)CCCCC. The average molecular weight is 180 g/mol. The van der Waals surface area contributed by atoms with Gasteiger partial charge in [0, 0.05) is 0 Å². The maximum absolute atomic E-state index is 10.6. The van der Waals surface area contributed by atoms with Gasteiger partial charge in [0.05, 0.1) is 0 Å². The van der Waals surface area contributed by atoms with Crippen LogP contribution >= 0.6 is 0 Å². The van der Waals surface area contributed by atoms with Gasteiger partial charge in [-0.15, -0.1) is 6.58 Å². The molecule has 0 aromatic heterocycles. The highest BCUT2D eigenvalue weighted by Crippen LogP contribution is 2.08. The first-order valence-corrected chi connectivity index (χ1v) is 5.10. The van der Waals surface area contributed by atoms with Gasteiger partial charge < -0.3 is 0 Å². The van der Waals surface area contributed by atoms with Gasteiger partial charge in [0.25, 0.3) is 0 Å². The van der Waals surface area contributed by atoms with Crippen molar-refractivity contribution in [1.82, 2.24) is 0 Å². The third-order valence-corrected chi connectivity index (χ3v) is 2.00. The predicted octanol–water partition coefficient (Wildman–Crippen LogP) is 3.66. The lowest BCUT2D eigenvalue weighted by Gasteiger charge is -1.98. The largest absolute Gasteiger partial charge is 0.298 e. The Morgan fingerprint density at radius 3 is 2.62 bits per heavy atom. The summed E-state index contributed by atoms with van der Waals surface area (Å²) in [6.45, 7) is 5.81. The minimum Gasteiger partial charge on any atom is -0.298 e. The van der Waals surface area contributed by atoms with E-state index >= 15 is 0 Å². The molecule has 0 aliphatic carbocycles. The molecule has 0 N–H and O–H groups in total. The lowest BCUT2D eigenvalue weighted by Crippen LogP contribution is -1.86. The Bertz CT molecular complexity index is 168. The second-order valence-electron chi connectivity index (χ2n) is 3.22. The lowest BCUT2D eigenvalue weighted by molar-refractivity contribution is -0.105. The van der Waals surface area contributed by atoms with Crippen LogP contribution in [0.4, 0.5) is 0 Å². The number of rotatable bonds is 8. The lowest BCUT2D eigenvalue weighted by atomic mass is 10.1. The molecule has 1 nitrogen and oxygen atoms in total. The topological polar surface area (TPSA) is 17.1 Å². The van der Waals surface area contributed by atoms with E-state index in [2.05, 4.69) is 13.5 Å². The number of unbranched alkanes of at least 4 members (excludes halogenated alkanes) is 3. The van der Waals surface area contributed by atoms with Crippen LogP contribution in [0, 0.1) is 0 Å². The van der Waals surface area contributed by atoms with Gasteiger partial charge in [-0.25, -0.2) is 0 Å². The van der Waals surface area contributed by atoms with Gasteiger partial charge >= 0.3 is 0 Å². The molecule has 0 saturated carbocycles. The first-order valence-electron chi connectivity index (χ1n) is 5.10. The highest BCUT2D eigenvalue weighted by molar-refractivity contribution is 5.72. The Morgan fingerprint density at radius 1 is 1.31 bits per heavy atom. The second kappa shape index (κ2) is 9.24. The van der Waals surface area contributed by atoms with Crippen molar-refractivity contribution in [3.05, 3.63) is 24.3 Å². The zero-order valence-corrected chi connectivity index (χ0v) is 8.59. The summed E-state index contributed by atoms with van der Waals surface area (Å²) >= 11 is 0. The van der Waals surface area contributed by atoms with E-state index in [0.29, 0.717) is 0 Å². The monoisotopic (exact) mass is 180 g/mol. The molecule has 0 heterocycles. The first-order chi connectivity index (χ1) is 6.35. The van der Waals surface area contributed by atoms with Gasteiger partial charge in [0.15, 0.2) is 0 Å². The highest BCUT2D eigenvalue weighted by Gasteiger charge is 1.94. The molecular weight excluding hydrogens is 160 g/mol. The van der Waals surface area contributed by atoms with Gasteiger partial charge in [0.2, 0.25) is 0 Å². The van der Waals surface area contributed by atoms with Crippen molar-refractivity contribution in [1.29, 1.82) is 0 Å². The summed E-state index contributed by atoms with van der Waals surface area (Å²) in [5.41, 5.74) is 0.954. The highest BCUT2D eigenvalue weighted by atomic mass is 16.1. The molecule has 0 spiro atoms. The Hall–Kier alpha value is -0.850. The quantitative estimate of drug-likeness (QED) is 0.241. The van der Waals surface area contributed by atoms with E-state index < -0.39 is 0 Å². The maximum atomic E-state index is 10.6. The van der Waals surface area contributed by atoms with Crippen LogP contribution in [-0.4, -0.2) is 6.29 Å². The Morgan fingerprint density at radius 2 is 2.08 bits per heavy atom. The third-order valence-electron chi connectivity index (χ3n) is 2.00. The van der Waals surface area contributed by atoms with Crippen LogP contribution in [0.15, 0.2) is 24.3 Å². The number of hydrogen-bond acceptors (Lipinski definition) is 1. The summed E-state index contributed by atoms with van der Waals surface area (Å²) in [6, 6.07) is 0. The third kappa shape index (κ3) is 7.51. The maximum Gasteiger partial charge on any atom is 0.145 e. The van der Waals surface area contributed by atoms with Gasteiger partial charge in [-0.3, -0.25) is 4.79 Å². The molecule has 0 atom stereocenters. The molecule has 0 radical (unpaired) electrons. The summed E-state index contributed by atoms with van der Waals surface area (Å²) in [5, 5.41) is 0. The molecule has 0 amide bonds. The van der Waals surface area contributed by atoms with Crippen LogP contribution in [0.2, 0.25) is 0 Å². The molecule has 74 valence electrons. The molecule has 0 rings (SSSR count). The van der Waals surface area contributed by atoms with Gasteiger partial charge in [-0.05, 0) is 31.3 Å². The molecule has 0 aromatic carbocycles. The average Bonchev–Trinajstić information content (AvgIpc) is 2.16. The molecule has 0 bridgehead atoms. The minimum absolute atomic E-state index is 0.939.